The summed E-state index contributed by atoms with van der Waals surface area (Å²) in [7, 11) is 0. The van der Waals surface area contributed by atoms with Crippen molar-refractivity contribution in [2.24, 2.45) is 0 Å². The Hall–Kier alpha value is -3.60. The molecule has 0 saturated carbocycles. The predicted molar refractivity (Wildman–Crippen MR) is 133 cm³/mol. The fourth-order valence-corrected chi connectivity index (χ4v) is 3.88. The molecule has 0 aliphatic carbocycles. The molecule has 1 N–H and O–H groups in total. The van der Waals surface area contributed by atoms with Gasteiger partial charge in [-0.15, -0.1) is 0 Å². The van der Waals surface area contributed by atoms with Gasteiger partial charge in [0, 0.05) is 18.4 Å². The highest BCUT2D eigenvalue weighted by Crippen LogP contribution is 2.30. The molecule has 0 aromatic heterocycles. The highest BCUT2D eigenvalue weighted by Gasteiger charge is 2.28. The Morgan fingerprint density at radius 2 is 1.29 bits per heavy atom. The van der Waals surface area contributed by atoms with Crippen molar-refractivity contribution in [2.75, 3.05) is 0 Å². The second kappa shape index (κ2) is 12.0. The van der Waals surface area contributed by atoms with Gasteiger partial charge in [0.2, 0.25) is 0 Å². The van der Waals surface area contributed by atoms with Crippen LogP contribution in [-0.4, -0.2) is 23.7 Å². The average molecular weight is 460 g/mol. The molecule has 0 bridgehead atoms. The molecule has 34 heavy (non-hydrogen) atoms. The van der Waals surface area contributed by atoms with E-state index in [-0.39, 0.29) is 31.0 Å². The van der Waals surface area contributed by atoms with Gasteiger partial charge in [0.05, 0.1) is 0 Å². The third-order valence-corrected chi connectivity index (χ3v) is 5.32. The first kappa shape index (κ1) is 25.0. The highest BCUT2D eigenvalue weighted by atomic mass is 16.6. The lowest BCUT2D eigenvalue weighted by Gasteiger charge is -2.29. The van der Waals surface area contributed by atoms with Gasteiger partial charge in [0.1, 0.15) is 12.2 Å². The van der Waals surface area contributed by atoms with Crippen molar-refractivity contribution in [3.63, 3.8) is 0 Å². The largest absolute Gasteiger partial charge is 0.460 e. The van der Waals surface area contributed by atoms with Gasteiger partial charge in [-0.05, 0) is 43.9 Å². The summed E-state index contributed by atoms with van der Waals surface area (Å²) in [6, 6.07) is 29.1. The van der Waals surface area contributed by atoms with Gasteiger partial charge in [0.25, 0.3) is 0 Å². The second-order valence-corrected chi connectivity index (χ2v) is 9.24. The first-order valence-electron chi connectivity index (χ1n) is 11.6. The van der Waals surface area contributed by atoms with Crippen LogP contribution in [0.25, 0.3) is 0 Å². The van der Waals surface area contributed by atoms with E-state index in [0.717, 1.165) is 16.7 Å². The van der Waals surface area contributed by atoms with Gasteiger partial charge >= 0.3 is 12.1 Å². The minimum absolute atomic E-state index is 0.158. The molecule has 3 aromatic rings. The number of benzene rings is 3. The van der Waals surface area contributed by atoms with E-state index in [1.54, 1.807) is 0 Å². The smallest absolute Gasteiger partial charge is 0.407 e. The summed E-state index contributed by atoms with van der Waals surface area (Å²) in [5.41, 5.74) is 2.44. The van der Waals surface area contributed by atoms with Crippen molar-refractivity contribution in [3.05, 3.63) is 108 Å². The zero-order valence-corrected chi connectivity index (χ0v) is 20.1. The van der Waals surface area contributed by atoms with Gasteiger partial charge in [-0.1, -0.05) is 91.0 Å². The number of nitrogens with one attached hydrogen (secondary N) is 1. The van der Waals surface area contributed by atoms with E-state index < -0.39 is 11.7 Å². The van der Waals surface area contributed by atoms with Crippen LogP contribution in [0.4, 0.5) is 4.79 Å². The summed E-state index contributed by atoms with van der Waals surface area (Å²) in [6.45, 7) is 5.71. The van der Waals surface area contributed by atoms with Crippen LogP contribution < -0.4 is 5.32 Å². The monoisotopic (exact) mass is 459 g/mol. The second-order valence-electron chi connectivity index (χ2n) is 9.24. The summed E-state index contributed by atoms with van der Waals surface area (Å²) in [6.07, 6.45) is 0.0656. The lowest BCUT2D eigenvalue weighted by Crippen LogP contribution is -2.40. The molecule has 0 aliphatic rings. The van der Waals surface area contributed by atoms with E-state index in [0.29, 0.717) is 6.42 Å². The Bertz CT molecular complexity index is 990. The fraction of sp³-hybridized carbons (Fsp3) is 0.310. The molecule has 1 atom stereocenters. The van der Waals surface area contributed by atoms with Crippen LogP contribution in [0, 0.1) is 0 Å². The van der Waals surface area contributed by atoms with Crippen molar-refractivity contribution in [1.82, 2.24) is 5.32 Å². The van der Waals surface area contributed by atoms with Gasteiger partial charge in [-0.3, -0.25) is 4.79 Å². The van der Waals surface area contributed by atoms with Crippen LogP contribution in [0.15, 0.2) is 91.0 Å². The Labute approximate surface area is 202 Å². The van der Waals surface area contributed by atoms with E-state index in [1.165, 1.54) is 0 Å². The summed E-state index contributed by atoms with van der Waals surface area (Å²) >= 11 is 0. The van der Waals surface area contributed by atoms with Crippen molar-refractivity contribution in [1.29, 1.82) is 0 Å². The number of hydrogen-bond acceptors (Lipinski definition) is 4. The minimum atomic E-state index is -0.563. The minimum Gasteiger partial charge on any atom is -0.460 e. The Kier molecular flexibility index (Phi) is 8.86. The number of rotatable bonds is 9. The lowest BCUT2D eigenvalue weighted by molar-refractivity contribution is -0.155. The number of ether oxygens (including phenoxy) is 2. The van der Waals surface area contributed by atoms with Crippen molar-refractivity contribution in [3.8, 4) is 0 Å². The molecule has 0 heterocycles. The molecule has 3 aromatic carbocycles. The number of alkyl carbamates (subject to hydrolysis) is 1. The Morgan fingerprint density at radius 3 is 1.79 bits per heavy atom. The molecule has 0 spiro atoms. The number of carbonyl (C=O) groups is 2. The Balaban J connectivity index is 1.82. The van der Waals surface area contributed by atoms with E-state index in [2.05, 4.69) is 5.32 Å². The first-order valence-corrected chi connectivity index (χ1v) is 11.6. The van der Waals surface area contributed by atoms with Crippen LogP contribution in [0.5, 0.6) is 0 Å². The van der Waals surface area contributed by atoms with E-state index >= 15 is 0 Å². The molecule has 0 unspecified atom stereocenters. The number of hydrogen-bond donors (Lipinski definition) is 1. The molecule has 0 saturated heterocycles. The van der Waals surface area contributed by atoms with E-state index in [1.807, 2.05) is 112 Å². The summed E-state index contributed by atoms with van der Waals surface area (Å²) < 4.78 is 11.0. The van der Waals surface area contributed by atoms with Gasteiger partial charge in [-0.2, -0.15) is 0 Å². The van der Waals surface area contributed by atoms with Crippen molar-refractivity contribution < 1.29 is 19.1 Å². The molecule has 5 nitrogen and oxygen atoms in total. The predicted octanol–water partition coefficient (Wildman–Crippen LogP) is 6.24. The maximum atomic E-state index is 12.8. The maximum absolute atomic E-state index is 12.8. The average Bonchev–Trinajstić information content (AvgIpc) is 2.82. The molecule has 178 valence electrons. The molecule has 1 amide bonds. The number of carbonyl (C=O) groups excluding carboxylic acids is 2. The fourth-order valence-electron chi connectivity index (χ4n) is 3.88. The Morgan fingerprint density at radius 1 is 0.794 bits per heavy atom. The van der Waals surface area contributed by atoms with Gasteiger partial charge < -0.3 is 14.8 Å². The summed E-state index contributed by atoms with van der Waals surface area (Å²) in [4.78, 5) is 25.3. The summed E-state index contributed by atoms with van der Waals surface area (Å²) in [5.74, 6) is -0.453. The topological polar surface area (TPSA) is 64.6 Å². The molecule has 3 rings (SSSR count). The van der Waals surface area contributed by atoms with E-state index in [4.69, 9.17) is 9.47 Å². The van der Waals surface area contributed by atoms with Gasteiger partial charge in [-0.25, -0.2) is 4.79 Å². The highest BCUT2D eigenvalue weighted by molar-refractivity contribution is 5.71. The van der Waals surface area contributed by atoms with Crippen molar-refractivity contribution >= 4 is 12.1 Å². The third-order valence-electron chi connectivity index (χ3n) is 5.32. The van der Waals surface area contributed by atoms with Crippen LogP contribution in [0.2, 0.25) is 0 Å². The molecular weight excluding hydrogens is 426 g/mol. The number of amides is 1. The summed E-state index contributed by atoms with van der Waals surface area (Å²) in [5, 5.41) is 3.03. The van der Waals surface area contributed by atoms with E-state index in [9.17, 15) is 9.59 Å². The zero-order chi connectivity index (χ0) is 24.4. The quantitative estimate of drug-likeness (QED) is 0.385. The first-order chi connectivity index (χ1) is 16.3. The van der Waals surface area contributed by atoms with Crippen LogP contribution in [0.3, 0.4) is 0 Å². The lowest BCUT2D eigenvalue weighted by atomic mass is 9.83. The van der Waals surface area contributed by atoms with Crippen LogP contribution >= 0.6 is 0 Å². The van der Waals surface area contributed by atoms with Crippen LogP contribution in [-0.2, 0) is 20.9 Å². The number of esters is 1. The molecule has 0 fully saturated rings. The van der Waals surface area contributed by atoms with Crippen LogP contribution in [0.1, 0.15) is 56.2 Å². The normalized spacial score (nSPS) is 12.1. The zero-order valence-electron chi connectivity index (χ0n) is 20.1. The molecule has 0 aliphatic heterocycles. The third kappa shape index (κ3) is 8.07. The molecule has 0 radical (unpaired) electrons. The van der Waals surface area contributed by atoms with Gasteiger partial charge in [0.15, 0.2) is 0 Å². The van der Waals surface area contributed by atoms with Crippen molar-refractivity contribution in [2.45, 2.75) is 57.8 Å². The molecular formula is C29H33NO4. The molecule has 5 heteroatoms. The maximum Gasteiger partial charge on any atom is 0.407 e. The SMILES string of the molecule is CC(C)(C)OC(=O)CC[C@@H](NC(=O)OCc1ccccc1)C(c1ccccc1)c1ccccc1. The standard InChI is InChI=1S/C29H33NO4/c1-29(2,3)34-26(31)20-19-25(30-28(32)33-21-22-13-7-4-8-14-22)27(23-15-9-5-10-16-23)24-17-11-6-12-18-24/h4-18,25,27H,19-21H2,1-3H3,(H,30,32)/t25-/m1/s1.